The molecule has 0 saturated carbocycles. The monoisotopic (exact) mass is 200 g/mol. The lowest BCUT2D eigenvalue weighted by Crippen LogP contribution is -2.43. The summed E-state index contributed by atoms with van der Waals surface area (Å²) >= 11 is 0. The first-order valence-electron chi connectivity index (χ1n) is 5.45. The second kappa shape index (κ2) is 6.65. The van der Waals surface area contributed by atoms with Crippen LogP contribution >= 0.6 is 0 Å². The summed E-state index contributed by atoms with van der Waals surface area (Å²) in [5.41, 5.74) is 0. The number of amides is 2. The van der Waals surface area contributed by atoms with Gasteiger partial charge in [-0.3, -0.25) is 0 Å². The van der Waals surface area contributed by atoms with Crippen LogP contribution in [0.4, 0.5) is 4.79 Å². The molecule has 2 amide bonds. The van der Waals surface area contributed by atoms with Crippen molar-refractivity contribution in [1.29, 1.82) is 0 Å². The summed E-state index contributed by atoms with van der Waals surface area (Å²) in [5, 5.41) is 2.85. The summed E-state index contributed by atoms with van der Waals surface area (Å²) in [6, 6.07) is 0.0596. The number of rotatable bonds is 4. The number of nitrogens with one attached hydrogen (secondary N) is 1. The Hall–Kier alpha value is -0.770. The minimum absolute atomic E-state index is 0.0596. The van der Waals surface area contributed by atoms with E-state index in [1.165, 1.54) is 6.42 Å². The van der Waals surface area contributed by atoms with Crippen LogP contribution in [0.5, 0.6) is 0 Å². The van der Waals surface area contributed by atoms with Crippen LogP contribution in [0.3, 0.4) is 0 Å². The number of urea groups is 1. The molecule has 1 rings (SSSR count). The SMILES string of the molecule is CCOCCNC(=O)N1CCCCC1. The Bertz CT molecular complexity index is 168. The van der Waals surface area contributed by atoms with Crippen LogP contribution in [0.15, 0.2) is 0 Å². The van der Waals surface area contributed by atoms with E-state index < -0.39 is 0 Å². The van der Waals surface area contributed by atoms with Gasteiger partial charge in [0.25, 0.3) is 0 Å². The molecule has 0 radical (unpaired) electrons. The quantitative estimate of drug-likeness (QED) is 0.693. The lowest BCUT2D eigenvalue weighted by molar-refractivity contribution is 0.144. The maximum absolute atomic E-state index is 11.5. The Kier molecular flexibility index (Phi) is 5.37. The second-order valence-electron chi connectivity index (χ2n) is 3.48. The van der Waals surface area contributed by atoms with E-state index in [0.29, 0.717) is 19.8 Å². The molecule has 0 aromatic rings. The molecule has 1 aliphatic rings. The molecule has 0 spiro atoms. The van der Waals surface area contributed by atoms with Crippen LogP contribution in [-0.4, -0.2) is 43.8 Å². The molecule has 0 aliphatic carbocycles. The molecular formula is C10H20N2O2. The van der Waals surface area contributed by atoms with E-state index in [4.69, 9.17) is 4.74 Å². The Morgan fingerprint density at radius 2 is 2.07 bits per heavy atom. The van der Waals surface area contributed by atoms with E-state index in [0.717, 1.165) is 25.9 Å². The molecule has 0 atom stereocenters. The van der Waals surface area contributed by atoms with Gasteiger partial charge in [-0.1, -0.05) is 0 Å². The maximum Gasteiger partial charge on any atom is 0.317 e. The van der Waals surface area contributed by atoms with Crippen LogP contribution in [0.25, 0.3) is 0 Å². The Labute approximate surface area is 85.6 Å². The average Bonchev–Trinajstić information content (AvgIpc) is 2.25. The van der Waals surface area contributed by atoms with Crippen LogP contribution in [0.1, 0.15) is 26.2 Å². The van der Waals surface area contributed by atoms with Crippen LogP contribution in [0.2, 0.25) is 0 Å². The smallest absolute Gasteiger partial charge is 0.317 e. The standard InChI is InChI=1S/C10H20N2O2/c1-2-14-9-6-11-10(13)12-7-4-3-5-8-12/h2-9H2,1H3,(H,11,13). The predicted octanol–water partition coefficient (Wildman–Crippen LogP) is 1.22. The van der Waals surface area contributed by atoms with Crippen molar-refractivity contribution in [3.63, 3.8) is 0 Å². The number of carbonyl (C=O) groups is 1. The molecule has 4 heteroatoms. The van der Waals surface area contributed by atoms with Crippen LogP contribution in [-0.2, 0) is 4.74 Å². The molecule has 0 aromatic heterocycles. The minimum Gasteiger partial charge on any atom is -0.380 e. The number of piperidine rings is 1. The number of carbonyl (C=O) groups excluding carboxylic acids is 1. The molecule has 1 heterocycles. The normalized spacial score (nSPS) is 16.8. The van der Waals surface area contributed by atoms with Crippen molar-refractivity contribution in [1.82, 2.24) is 10.2 Å². The van der Waals surface area contributed by atoms with Gasteiger partial charge in [0.1, 0.15) is 0 Å². The zero-order valence-corrected chi connectivity index (χ0v) is 8.92. The lowest BCUT2D eigenvalue weighted by atomic mass is 10.1. The molecule has 0 aromatic carbocycles. The van der Waals surface area contributed by atoms with Gasteiger partial charge in [0.15, 0.2) is 0 Å². The summed E-state index contributed by atoms with van der Waals surface area (Å²) < 4.78 is 5.14. The summed E-state index contributed by atoms with van der Waals surface area (Å²) in [7, 11) is 0. The number of hydrogen-bond donors (Lipinski definition) is 1. The number of ether oxygens (including phenoxy) is 1. The van der Waals surface area contributed by atoms with Gasteiger partial charge in [-0.15, -0.1) is 0 Å². The fraction of sp³-hybridized carbons (Fsp3) is 0.900. The summed E-state index contributed by atoms with van der Waals surface area (Å²) in [6.45, 7) is 5.69. The third kappa shape index (κ3) is 3.96. The van der Waals surface area contributed by atoms with E-state index in [1.54, 1.807) is 0 Å². The van der Waals surface area contributed by atoms with E-state index in [1.807, 2.05) is 11.8 Å². The van der Waals surface area contributed by atoms with Crippen LogP contribution < -0.4 is 5.32 Å². The zero-order chi connectivity index (χ0) is 10.2. The molecule has 1 aliphatic heterocycles. The van der Waals surface area contributed by atoms with Gasteiger partial charge in [0.2, 0.25) is 0 Å². The van der Waals surface area contributed by atoms with Crippen molar-refractivity contribution in [2.45, 2.75) is 26.2 Å². The Balaban J connectivity index is 2.07. The molecule has 1 saturated heterocycles. The van der Waals surface area contributed by atoms with Gasteiger partial charge in [-0.2, -0.15) is 0 Å². The fourth-order valence-corrected chi connectivity index (χ4v) is 1.58. The average molecular weight is 200 g/mol. The molecule has 1 fully saturated rings. The first kappa shape index (κ1) is 11.3. The van der Waals surface area contributed by atoms with Crippen LogP contribution in [0, 0.1) is 0 Å². The van der Waals surface area contributed by atoms with Gasteiger partial charge < -0.3 is 15.0 Å². The van der Waals surface area contributed by atoms with Crippen molar-refractivity contribution < 1.29 is 9.53 Å². The van der Waals surface area contributed by atoms with Gasteiger partial charge in [0, 0.05) is 26.2 Å². The molecule has 0 bridgehead atoms. The molecule has 82 valence electrons. The number of hydrogen-bond acceptors (Lipinski definition) is 2. The van der Waals surface area contributed by atoms with Gasteiger partial charge in [-0.05, 0) is 26.2 Å². The highest BCUT2D eigenvalue weighted by Gasteiger charge is 2.15. The fourth-order valence-electron chi connectivity index (χ4n) is 1.58. The largest absolute Gasteiger partial charge is 0.380 e. The molecule has 14 heavy (non-hydrogen) atoms. The summed E-state index contributed by atoms with van der Waals surface area (Å²) in [5.74, 6) is 0. The first-order chi connectivity index (χ1) is 6.84. The highest BCUT2D eigenvalue weighted by molar-refractivity contribution is 5.74. The maximum atomic E-state index is 11.5. The molecule has 0 unspecified atom stereocenters. The van der Waals surface area contributed by atoms with Gasteiger partial charge >= 0.3 is 6.03 Å². The van der Waals surface area contributed by atoms with Crippen molar-refractivity contribution in [2.24, 2.45) is 0 Å². The van der Waals surface area contributed by atoms with Crippen molar-refractivity contribution >= 4 is 6.03 Å². The molecule has 1 N–H and O–H groups in total. The van der Waals surface area contributed by atoms with Crippen molar-refractivity contribution in [3.8, 4) is 0 Å². The molecular weight excluding hydrogens is 180 g/mol. The zero-order valence-electron chi connectivity index (χ0n) is 8.92. The van der Waals surface area contributed by atoms with E-state index >= 15 is 0 Å². The highest BCUT2D eigenvalue weighted by atomic mass is 16.5. The number of nitrogens with zero attached hydrogens (tertiary/aromatic N) is 1. The Morgan fingerprint density at radius 3 is 2.71 bits per heavy atom. The van der Waals surface area contributed by atoms with E-state index in [9.17, 15) is 4.79 Å². The van der Waals surface area contributed by atoms with Gasteiger partial charge in [0.05, 0.1) is 6.61 Å². The minimum atomic E-state index is 0.0596. The summed E-state index contributed by atoms with van der Waals surface area (Å²) in [4.78, 5) is 13.4. The third-order valence-corrected chi connectivity index (χ3v) is 2.37. The van der Waals surface area contributed by atoms with Gasteiger partial charge in [-0.25, -0.2) is 4.79 Å². The highest BCUT2D eigenvalue weighted by Crippen LogP contribution is 2.07. The van der Waals surface area contributed by atoms with E-state index in [2.05, 4.69) is 5.32 Å². The third-order valence-electron chi connectivity index (χ3n) is 2.37. The lowest BCUT2D eigenvalue weighted by Gasteiger charge is -2.26. The number of likely N-dealkylation sites (tertiary alicyclic amines) is 1. The molecule has 4 nitrogen and oxygen atoms in total. The summed E-state index contributed by atoms with van der Waals surface area (Å²) in [6.07, 6.45) is 3.53. The second-order valence-corrected chi connectivity index (χ2v) is 3.48. The van der Waals surface area contributed by atoms with Crippen molar-refractivity contribution in [3.05, 3.63) is 0 Å². The first-order valence-corrected chi connectivity index (χ1v) is 5.45. The van der Waals surface area contributed by atoms with E-state index in [-0.39, 0.29) is 6.03 Å². The predicted molar refractivity (Wildman–Crippen MR) is 55.3 cm³/mol. The topological polar surface area (TPSA) is 41.6 Å². The Morgan fingerprint density at radius 1 is 1.36 bits per heavy atom. The van der Waals surface area contributed by atoms with Crippen molar-refractivity contribution in [2.75, 3.05) is 32.8 Å².